The van der Waals surface area contributed by atoms with Crippen molar-refractivity contribution in [3.05, 3.63) is 29.3 Å². The van der Waals surface area contributed by atoms with Gasteiger partial charge in [0.1, 0.15) is 0 Å². The van der Waals surface area contributed by atoms with Crippen LogP contribution < -0.4 is 0 Å². The predicted octanol–water partition coefficient (Wildman–Crippen LogP) is 4.16. The Morgan fingerprint density at radius 2 is 1.12 bits per heavy atom. The van der Waals surface area contributed by atoms with Gasteiger partial charge in [0.25, 0.3) is 0 Å². The van der Waals surface area contributed by atoms with E-state index >= 15 is 0 Å². The first-order chi connectivity index (χ1) is 11.3. The van der Waals surface area contributed by atoms with Crippen molar-refractivity contribution >= 4 is 33.0 Å². The number of rotatable bonds is 2. The van der Waals surface area contributed by atoms with Crippen LogP contribution in [-0.2, 0) is 19.4 Å². The number of halogens is 7. The van der Waals surface area contributed by atoms with Crippen molar-refractivity contribution in [2.24, 2.45) is 0 Å². The summed E-state index contributed by atoms with van der Waals surface area (Å²) in [6, 6.07) is 6.23. The lowest BCUT2D eigenvalue weighted by atomic mass is 10.2. The Morgan fingerprint density at radius 1 is 0.808 bits per heavy atom. The highest BCUT2D eigenvalue weighted by Crippen LogP contribution is 2.26. The van der Waals surface area contributed by atoms with E-state index < -0.39 is 38.5 Å². The number of carbonyl (C=O) groups excluding carboxylic acids is 2. The standard InChI is InChI=1S/C10H13ClO2S.C4F6O2/c1-10(2,3)14(12,13)9-6-4-8(11)5-7-9;5-3(6,7)1(11)2(12)4(8,9)10/h4-7H,1-3H3;. The third kappa shape index (κ3) is 6.60. The molecule has 0 aromatic heterocycles. The van der Waals surface area contributed by atoms with Gasteiger partial charge in [-0.2, -0.15) is 26.3 Å². The summed E-state index contributed by atoms with van der Waals surface area (Å²) in [5, 5.41) is 0.540. The van der Waals surface area contributed by atoms with E-state index in [2.05, 4.69) is 0 Å². The third-order valence-electron chi connectivity index (χ3n) is 2.65. The Balaban J connectivity index is 0.000000488. The van der Waals surface area contributed by atoms with Crippen LogP contribution in [0.4, 0.5) is 26.3 Å². The second-order valence-corrected chi connectivity index (χ2v) is 8.86. The van der Waals surface area contributed by atoms with Gasteiger partial charge >= 0.3 is 23.9 Å². The quantitative estimate of drug-likeness (QED) is 0.526. The molecule has 26 heavy (non-hydrogen) atoms. The number of carbonyl (C=O) groups is 2. The van der Waals surface area contributed by atoms with Crippen LogP contribution in [0.15, 0.2) is 29.2 Å². The van der Waals surface area contributed by atoms with Gasteiger partial charge in [-0.15, -0.1) is 0 Å². The zero-order chi connectivity index (χ0) is 21.1. The Kier molecular flexibility index (Phi) is 7.45. The maximum absolute atomic E-state index is 11.9. The van der Waals surface area contributed by atoms with Gasteiger partial charge in [-0.25, -0.2) is 8.42 Å². The van der Waals surface area contributed by atoms with Crippen LogP contribution in [0.2, 0.25) is 5.02 Å². The lowest BCUT2D eigenvalue weighted by Crippen LogP contribution is -2.39. The van der Waals surface area contributed by atoms with Gasteiger partial charge in [0.15, 0.2) is 9.84 Å². The minimum atomic E-state index is -5.77. The first-order valence-electron chi connectivity index (χ1n) is 6.54. The molecule has 0 amide bonds. The second-order valence-electron chi connectivity index (χ2n) is 5.72. The van der Waals surface area contributed by atoms with E-state index in [9.17, 15) is 44.3 Å². The largest absolute Gasteiger partial charge is 0.458 e. The minimum absolute atomic E-state index is 0.314. The zero-order valence-electron chi connectivity index (χ0n) is 13.5. The van der Waals surface area contributed by atoms with Gasteiger partial charge in [0.2, 0.25) is 0 Å². The van der Waals surface area contributed by atoms with Crippen LogP contribution in [0.25, 0.3) is 0 Å². The Bertz CT molecular complexity index is 735. The lowest BCUT2D eigenvalue weighted by molar-refractivity contribution is -0.193. The summed E-state index contributed by atoms with van der Waals surface area (Å²) in [5.41, 5.74) is 0. The minimum Gasteiger partial charge on any atom is -0.280 e. The number of ketones is 2. The van der Waals surface area contributed by atoms with Crippen molar-refractivity contribution in [1.29, 1.82) is 0 Å². The maximum atomic E-state index is 11.9. The molecule has 0 fully saturated rings. The molecule has 0 radical (unpaired) electrons. The number of Topliss-reactive ketones (excluding diaryl/α,β-unsaturated/α-hetero) is 2. The van der Waals surface area contributed by atoms with Crippen LogP contribution in [0.5, 0.6) is 0 Å². The first kappa shape index (κ1) is 24.4. The number of sulfone groups is 1. The molecule has 12 heteroatoms. The summed E-state index contributed by atoms with van der Waals surface area (Å²) >= 11 is 5.68. The highest BCUT2D eigenvalue weighted by molar-refractivity contribution is 7.92. The van der Waals surface area contributed by atoms with Crippen LogP contribution in [-0.4, -0.2) is 37.1 Å². The molecule has 0 saturated carbocycles. The van der Waals surface area contributed by atoms with Crippen molar-refractivity contribution in [2.45, 2.75) is 42.8 Å². The van der Waals surface area contributed by atoms with Crippen molar-refractivity contribution < 1.29 is 44.3 Å². The maximum Gasteiger partial charge on any atom is 0.458 e. The summed E-state index contributed by atoms with van der Waals surface area (Å²) in [6.07, 6.45) is -11.5. The fourth-order valence-electron chi connectivity index (χ4n) is 1.22. The molecule has 0 N–H and O–H groups in total. The average Bonchev–Trinajstić information content (AvgIpc) is 2.43. The number of alkyl halides is 6. The van der Waals surface area contributed by atoms with Crippen molar-refractivity contribution in [3.8, 4) is 0 Å². The summed E-state index contributed by atoms with van der Waals surface area (Å²) < 4.78 is 90.0. The molecule has 1 rings (SSSR count). The molecule has 0 heterocycles. The lowest BCUT2D eigenvalue weighted by Gasteiger charge is -2.19. The molecule has 1 aromatic rings. The summed E-state index contributed by atoms with van der Waals surface area (Å²) in [4.78, 5) is 19.5. The number of hydrogen-bond donors (Lipinski definition) is 0. The zero-order valence-corrected chi connectivity index (χ0v) is 15.1. The summed E-state index contributed by atoms with van der Waals surface area (Å²) in [5.74, 6) is -6.81. The van der Waals surface area contributed by atoms with E-state index in [0.29, 0.717) is 9.92 Å². The second kappa shape index (κ2) is 7.95. The summed E-state index contributed by atoms with van der Waals surface area (Å²) in [6.45, 7) is 5.03. The number of hydrogen-bond acceptors (Lipinski definition) is 4. The van der Waals surface area contributed by atoms with E-state index in [1.807, 2.05) is 0 Å². The molecule has 4 nitrogen and oxygen atoms in total. The fourth-order valence-corrected chi connectivity index (χ4v) is 2.55. The van der Waals surface area contributed by atoms with Crippen molar-refractivity contribution in [2.75, 3.05) is 0 Å². The van der Waals surface area contributed by atoms with Gasteiger partial charge in [-0.1, -0.05) is 11.6 Å². The van der Waals surface area contributed by atoms with Gasteiger partial charge in [-0.3, -0.25) is 9.59 Å². The van der Waals surface area contributed by atoms with Crippen molar-refractivity contribution in [1.82, 2.24) is 0 Å². The first-order valence-corrected chi connectivity index (χ1v) is 8.41. The smallest absolute Gasteiger partial charge is 0.280 e. The topological polar surface area (TPSA) is 68.3 Å². The van der Waals surface area contributed by atoms with E-state index in [-0.39, 0.29) is 0 Å². The van der Waals surface area contributed by atoms with Gasteiger partial charge in [0.05, 0.1) is 9.64 Å². The molecule has 148 valence electrons. The highest BCUT2D eigenvalue weighted by atomic mass is 35.5. The van der Waals surface area contributed by atoms with Crippen LogP contribution in [0.3, 0.4) is 0 Å². The van der Waals surface area contributed by atoms with Crippen LogP contribution in [0.1, 0.15) is 20.8 Å². The normalized spacial score (nSPS) is 12.8. The molecule has 0 aliphatic heterocycles. The SMILES string of the molecule is CC(C)(C)S(=O)(=O)c1ccc(Cl)cc1.O=C(C(=O)C(F)(F)F)C(F)(F)F. The highest BCUT2D eigenvalue weighted by Gasteiger charge is 2.54. The van der Waals surface area contributed by atoms with Gasteiger partial charge in [0, 0.05) is 5.02 Å². The Hall–Kier alpha value is -1.62. The third-order valence-corrected chi connectivity index (χ3v) is 5.41. The van der Waals surface area contributed by atoms with E-state index in [1.54, 1.807) is 32.9 Å². The molecule has 1 aromatic carbocycles. The van der Waals surface area contributed by atoms with Crippen LogP contribution in [0, 0.1) is 0 Å². The van der Waals surface area contributed by atoms with Crippen LogP contribution >= 0.6 is 11.6 Å². The Labute approximate surface area is 150 Å². The molecule has 0 aliphatic rings. The molecular weight excluding hydrogens is 414 g/mol. The number of benzene rings is 1. The van der Waals surface area contributed by atoms with Gasteiger partial charge < -0.3 is 0 Å². The van der Waals surface area contributed by atoms with E-state index in [1.165, 1.54) is 12.1 Å². The molecule has 0 unspecified atom stereocenters. The molecule has 0 aliphatic carbocycles. The molecule has 0 bridgehead atoms. The molecular formula is C14H13ClF6O4S. The molecule has 0 atom stereocenters. The molecule has 0 saturated heterocycles. The van der Waals surface area contributed by atoms with Crippen molar-refractivity contribution in [3.63, 3.8) is 0 Å². The van der Waals surface area contributed by atoms with Gasteiger partial charge in [-0.05, 0) is 45.0 Å². The Morgan fingerprint density at radius 3 is 1.35 bits per heavy atom. The molecule has 0 spiro atoms. The predicted molar refractivity (Wildman–Crippen MR) is 80.5 cm³/mol. The summed E-state index contributed by atoms with van der Waals surface area (Å²) in [7, 11) is -3.25. The average molecular weight is 427 g/mol. The fraction of sp³-hybridized carbons (Fsp3) is 0.429. The van der Waals surface area contributed by atoms with E-state index in [4.69, 9.17) is 11.6 Å². The van der Waals surface area contributed by atoms with E-state index in [0.717, 1.165) is 0 Å². The monoisotopic (exact) mass is 426 g/mol.